The van der Waals surface area contributed by atoms with E-state index in [0.29, 0.717) is 4.88 Å². The average Bonchev–Trinajstić information content (AvgIpc) is 3.04. The summed E-state index contributed by atoms with van der Waals surface area (Å²) in [5.74, 6) is -1.78. The monoisotopic (exact) mass is 354 g/mol. The quantitative estimate of drug-likeness (QED) is 0.688. The number of ether oxygens (including phenoxy) is 1. The van der Waals surface area contributed by atoms with Crippen LogP contribution >= 0.6 is 11.3 Å². The van der Waals surface area contributed by atoms with E-state index < -0.39 is 24.4 Å². The Morgan fingerprint density at radius 1 is 1.04 bits per heavy atom. The second-order valence-corrected chi connectivity index (χ2v) is 6.27. The summed E-state index contributed by atoms with van der Waals surface area (Å²) in [6.45, 7) is -0.458. The number of amides is 2. The van der Waals surface area contributed by atoms with Gasteiger partial charge in [0.1, 0.15) is 4.88 Å². The van der Waals surface area contributed by atoms with Crippen LogP contribution in [0.2, 0.25) is 0 Å². The number of hydrogen-bond donors (Lipinski definition) is 2. The summed E-state index contributed by atoms with van der Waals surface area (Å²) >= 11 is 1.30. The summed E-state index contributed by atoms with van der Waals surface area (Å²) < 4.78 is 6.00. The lowest BCUT2D eigenvalue weighted by Crippen LogP contribution is -2.23. The third kappa shape index (κ3) is 3.84. The summed E-state index contributed by atoms with van der Waals surface area (Å²) in [6.07, 6.45) is 0. The van der Waals surface area contributed by atoms with Crippen LogP contribution in [0.5, 0.6) is 0 Å². The van der Waals surface area contributed by atoms with Crippen molar-refractivity contribution in [3.63, 3.8) is 0 Å². The van der Waals surface area contributed by atoms with Gasteiger partial charge in [-0.1, -0.05) is 30.3 Å². The van der Waals surface area contributed by atoms with Gasteiger partial charge in [-0.25, -0.2) is 4.79 Å². The summed E-state index contributed by atoms with van der Waals surface area (Å²) in [7, 11) is 0. The molecule has 1 heterocycles. The van der Waals surface area contributed by atoms with Crippen molar-refractivity contribution < 1.29 is 19.1 Å². The minimum Gasteiger partial charge on any atom is -0.451 e. The number of benzene rings is 2. The number of para-hydroxylation sites is 1. The highest BCUT2D eigenvalue weighted by molar-refractivity contribution is 7.20. The van der Waals surface area contributed by atoms with Gasteiger partial charge in [-0.15, -0.1) is 11.3 Å². The van der Waals surface area contributed by atoms with Crippen LogP contribution in [-0.4, -0.2) is 24.4 Å². The molecule has 25 heavy (non-hydrogen) atoms. The summed E-state index contributed by atoms with van der Waals surface area (Å²) in [5.41, 5.74) is 5.71. The average molecular weight is 354 g/mol. The first-order chi connectivity index (χ1) is 12.0. The molecule has 0 saturated heterocycles. The largest absolute Gasteiger partial charge is 0.451 e. The number of anilines is 1. The Balaban J connectivity index is 1.62. The third-order valence-corrected chi connectivity index (χ3v) is 4.52. The van der Waals surface area contributed by atoms with Gasteiger partial charge in [0.25, 0.3) is 11.8 Å². The van der Waals surface area contributed by atoms with E-state index in [1.165, 1.54) is 17.4 Å². The van der Waals surface area contributed by atoms with Crippen molar-refractivity contribution >= 4 is 44.9 Å². The summed E-state index contributed by atoms with van der Waals surface area (Å²) in [4.78, 5) is 35.8. The van der Waals surface area contributed by atoms with Crippen molar-refractivity contribution in [3.05, 3.63) is 65.0 Å². The first-order valence-electron chi connectivity index (χ1n) is 7.39. The van der Waals surface area contributed by atoms with Gasteiger partial charge in [0.05, 0.1) is 11.3 Å². The molecular formula is C18H14N2O4S. The normalized spacial score (nSPS) is 10.4. The van der Waals surface area contributed by atoms with Crippen LogP contribution < -0.4 is 11.1 Å². The second-order valence-electron chi connectivity index (χ2n) is 5.18. The van der Waals surface area contributed by atoms with Crippen molar-refractivity contribution in [2.45, 2.75) is 0 Å². The van der Waals surface area contributed by atoms with E-state index >= 15 is 0 Å². The number of hydrogen-bond acceptors (Lipinski definition) is 5. The van der Waals surface area contributed by atoms with E-state index in [-0.39, 0.29) is 11.3 Å². The van der Waals surface area contributed by atoms with Gasteiger partial charge >= 0.3 is 5.97 Å². The Hall–Kier alpha value is -3.19. The molecule has 2 amide bonds. The molecule has 6 nitrogen and oxygen atoms in total. The lowest BCUT2D eigenvalue weighted by Gasteiger charge is -2.08. The Morgan fingerprint density at radius 3 is 2.52 bits per heavy atom. The molecule has 0 atom stereocenters. The van der Waals surface area contributed by atoms with Crippen molar-refractivity contribution in [3.8, 4) is 0 Å². The van der Waals surface area contributed by atoms with E-state index in [1.807, 2.05) is 24.3 Å². The van der Waals surface area contributed by atoms with E-state index in [1.54, 1.807) is 24.3 Å². The molecule has 3 rings (SSSR count). The minimum atomic E-state index is -0.654. The number of esters is 1. The second kappa shape index (κ2) is 7.14. The molecule has 126 valence electrons. The highest BCUT2D eigenvalue weighted by Gasteiger charge is 2.15. The predicted octanol–water partition coefficient (Wildman–Crippen LogP) is 2.80. The van der Waals surface area contributed by atoms with E-state index in [4.69, 9.17) is 10.5 Å². The van der Waals surface area contributed by atoms with Gasteiger partial charge in [-0.3, -0.25) is 9.59 Å². The fraction of sp³-hybridized carbons (Fsp3) is 0.0556. The maximum atomic E-state index is 12.1. The number of fused-ring (bicyclic) bond motifs is 1. The minimum absolute atomic E-state index is 0.187. The van der Waals surface area contributed by atoms with Gasteiger partial charge in [0.2, 0.25) is 0 Å². The zero-order chi connectivity index (χ0) is 17.8. The van der Waals surface area contributed by atoms with Crippen LogP contribution in [-0.2, 0) is 9.53 Å². The number of carbonyl (C=O) groups excluding carboxylic acids is 3. The van der Waals surface area contributed by atoms with Crippen LogP contribution in [0.1, 0.15) is 20.0 Å². The number of nitrogens with one attached hydrogen (secondary N) is 1. The molecule has 3 N–H and O–H groups in total. The Morgan fingerprint density at radius 2 is 1.76 bits per heavy atom. The first-order valence-corrected chi connectivity index (χ1v) is 8.20. The smallest absolute Gasteiger partial charge is 0.348 e. The molecule has 0 unspecified atom stereocenters. The maximum absolute atomic E-state index is 12.1. The number of nitrogens with two attached hydrogens (primary N) is 1. The van der Waals surface area contributed by atoms with E-state index in [2.05, 4.69) is 5.32 Å². The third-order valence-electron chi connectivity index (χ3n) is 3.43. The van der Waals surface area contributed by atoms with Crippen LogP contribution in [0.15, 0.2) is 54.6 Å². The molecule has 1 aromatic heterocycles. The number of rotatable bonds is 5. The number of carbonyl (C=O) groups is 3. The molecule has 0 fully saturated rings. The zero-order valence-corrected chi connectivity index (χ0v) is 13.8. The van der Waals surface area contributed by atoms with Gasteiger partial charge in [-0.2, -0.15) is 0 Å². The predicted molar refractivity (Wildman–Crippen MR) is 95.7 cm³/mol. The molecule has 2 aromatic carbocycles. The zero-order valence-electron chi connectivity index (χ0n) is 13.0. The topological polar surface area (TPSA) is 98.5 Å². The molecule has 0 aliphatic heterocycles. The lowest BCUT2D eigenvalue weighted by molar-refractivity contribution is -0.119. The Labute approximate surface area is 147 Å². The highest BCUT2D eigenvalue weighted by Crippen LogP contribution is 2.25. The fourth-order valence-electron chi connectivity index (χ4n) is 2.28. The van der Waals surface area contributed by atoms with Crippen molar-refractivity contribution in [1.82, 2.24) is 0 Å². The van der Waals surface area contributed by atoms with Gasteiger partial charge < -0.3 is 15.8 Å². The molecule has 0 spiro atoms. The molecule has 3 aromatic rings. The van der Waals surface area contributed by atoms with Gasteiger partial charge in [0.15, 0.2) is 6.61 Å². The van der Waals surface area contributed by atoms with Crippen LogP contribution in [0.3, 0.4) is 0 Å². The van der Waals surface area contributed by atoms with Crippen molar-refractivity contribution in [2.24, 2.45) is 5.73 Å². The van der Waals surface area contributed by atoms with Crippen molar-refractivity contribution in [1.29, 1.82) is 0 Å². The van der Waals surface area contributed by atoms with Gasteiger partial charge in [-0.05, 0) is 29.7 Å². The maximum Gasteiger partial charge on any atom is 0.348 e. The first kappa shape index (κ1) is 16.7. The van der Waals surface area contributed by atoms with Crippen LogP contribution in [0.25, 0.3) is 10.1 Å². The summed E-state index contributed by atoms with van der Waals surface area (Å²) in [5, 5.41) is 3.46. The molecular weight excluding hydrogens is 340 g/mol. The molecule has 0 saturated carbocycles. The summed E-state index contributed by atoms with van der Waals surface area (Å²) in [6, 6.07) is 15.6. The van der Waals surface area contributed by atoms with Gasteiger partial charge in [0, 0.05) is 4.70 Å². The number of thiophene rings is 1. The standard InChI is InChI=1S/C18H14N2O4S/c19-17(22)12-6-2-3-7-13(12)20-16(21)10-24-18(23)15-9-11-5-1-4-8-14(11)25-15/h1-9H,10H2,(H2,19,22)(H,20,21). The van der Waals surface area contributed by atoms with E-state index in [9.17, 15) is 14.4 Å². The van der Waals surface area contributed by atoms with Crippen LogP contribution in [0.4, 0.5) is 5.69 Å². The molecule has 0 aliphatic carbocycles. The Kier molecular flexibility index (Phi) is 4.76. The van der Waals surface area contributed by atoms with Crippen molar-refractivity contribution in [2.75, 3.05) is 11.9 Å². The number of primary amides is 1. The SMILES string of the molecule is NC(=O)c1ccccc1NC(=O)COC(=O)c1cc2ccccc2s1. The molecule has 0 bridgehead atoms. The molecule has 0 aliphatic rings. The lowest BCUT2D eigenvalue weighted by atomic mass is 10.1. The molecule has 0 radical (unpaired) electrons. The van der Waals surface area contributed by atoms with E-state index in [0.717, 1.165) is 10.1 Å². The Bertz CT molecular complexity index is 931. The highest BCUT2D eigenvalue weighted by atomic mass is 32.1. The fourth-order valence-corrected chi connectivity index (χ4v) is 3.23. The van der Waals surface area contributed by atoms with Crippen LogP contribution in [0, 0.1) is 0 Å². The molecule has 7 heteroatoms.